The van der Waals surface area contributed by atoms with E-state index in [2.05, 4.69) is 11.1 Å². The lowest BCUT2D eigenvalue weighted by Gasteiger charge is -2.25. The maximum atomic E-state index is 11.6. The fraction of sp³-hybridized carbons (Fsp3) is 0.200. The van der Waals surface area contributed by atoms with Gasteiger partial charge in [0, 0.05) is 12.6 Å². The maximum absolute atomic E-state index is 11.6. The molecule has 1 aliphatic rings. The Hall–Kier alpha value is -2.36. The van der Waals surface area contributed by atoms with Crippen molar-refractivity contribution in [2.75, 3.05) is 18.6 Å². The van der Waals surface area contributed by atoms with Crippen LogP contribution >= 0.6 is 0 Å². The van der Waals surface area contributed by atoms with Gasteiger partial charge < -0.3 is 4.74 Å². The first kappa shape index (κ1) is 11.7. The van der Waals surface area contributed by atoms with Crippen LogP contribution in [0.1, 0.15) is 5.56 Å². The van der Waals surface area contributed by atoms with Crippen LogP contribution in [0, 0.1) is 6.92 Å². The van der Waals surface area contributed by atoms with Crippen molar-refractivity contribution < 1.29 is 9.53 Å². The number of likely N-dealkylation sites (N-methyl/N-ethyl adjacent to an activating group) is 1. The van der Waals surface area contributed by atoms with Crippen LogP contribution in [0.3, 0.4) is 0 Å². The minimum Gasteiger partial charge on any atom is -0.480 e. The lowest BCUT2D eigenvalue weighted by Crippen LogP contribution is -2.36. The molecule has 0 fully saturated rings. The molecule has 0 atom stereocenters. The van der Waals surface area contributed by atoms with E-state index in [-0.39, 0.29) is 12.5 Å². The van der Waals surface area contributed by atoms with Gasteiger partial charge in [0.05, 0.1) is 5.69 Å². The van der Waals surface area contributed by atoms with Crippen molar-refractivity contribution in [1.82, 2.24) is 4.98 Å². The number of anilines is 1. The third kappa shape index (κ3) is 2.05. The summed E-state index contributed by atoms with van der Waals surface area (Å²) in [6.45, 7) is 2.12. The van der Waals surface area contributed by atoms with E-state index in [1.54, 1.807) is 7.05 Å². The summed E-state index contributed by atoms with van der Waals surface area (Å²) in [5.74, 6) is 1.15. The van der Waals surface area contributed by atoms with Gasteiger partial charge in [-0.15, -0.1) is 0 Å². The SMILES string of the molecule is Cc1cccc(-c2ccc3c(n2)N(C)C(=O)CO3)c1. The monoisotopic (exact) mass is 254 g/mol. The van der Waals surface area contributed by atoms with Gasteiger partial charge in [0.15, 0.2) is 18.2 Å². The second kappa shape index (κ2) is 4.39. The van der Waals surface area contributed by atoms with Gasteiger partial charge in [-0.3, -0.25) is 9.69 Å². The second-order valence-corrected chi connectivity index (χ2v) is 4.63. The highest BCUT2D eigenvalue weighted by Crippen LogP contribution is 2.32. The minimum atomic E-state index is -0.0820. The zero-order chi connectivity index (χ0) is 13.4. The molecule has 0 radical (unpaired) electrons. The molecule has 2 aromatic rings. The molecule has 0 N–H and O–H groups in total. The lowest BCUT2D eigenvalue weighted by molar-refractivity contribution is -0.121. The van der Waals surface area contributed by atoms with Gasteiger partial charge in [0.1, 0.15) is 0 Å². The Morgan fingerprint density at radius 3 is 2.89 bits per heavy atom. The van der Waals surface area contributed by atoms with Crippen LogP contribution in [0.25, 0.3) is 11.3 Å². The number of rotatable bonds is 1. The van der Waals surface area contributed by atoms with Gasteiger partial charge in [-0.25, -0.2) is 4.98 Å². The van der Waals surface area contributed by atoms with Crippen LogP contribution in [-0.4, -0.2) is 24.5 Å². The van der Waals surface area contributed by atoms with Crippen molar-refractivity contribution in [1.29, 1.82) is 0 Å². The van der Waals surface area contributed by atoms with Crippen molar-refractivity contribution in [3.63, 3.8) is 0 Å². The Kier molecular flexibility index (Phi) is 2.71. The molecular formula is C15H14N2O2. The Balaban J connectivity index is 2.08. The summed E-state index contributed by atoms with van der Waals surface area (Å²) < 4.78 is 5.37. The zero-order valence-corrected chi connectivity index (χ0v) is 10.9. The minimum absolute atomic E-state index is 0.0783. The van der Waals surface area contributed by atoms with E-state index in [1.165, 1.54) is 10.5 Å². The number of carbonyl (C=O) groups is 1. The molecule has 0 saturated heterocycles. The molecule has 4 heteroatoms. The van der Waals surface area contributed by atoms with E-state index in [9.17, 15) is 4.79 Å². The number of hydrogen-bond acceptors (Lipinski definition) is 3. The average Bonchev–Trinajstić information content (AvgIpc) is 2.43. The third-order valence-electron chi connectivity index (χ3n) is 3.20. The van der Waals surface area contributed by atoms with Crippen molar-refractivity contribution in [3.8, 4) is 17.0 Å². The van der Waals surface area contributed by atoms with E-state index in [1.807, 2.05) is 37.3 Å². The van der Waals surface area contributed by atoms with Crippen LogP contribution in [0.2, 0.25) is 0 Å². The molecule has 2 heterocycles. The molecule has 3 rings (SSSR count). The third-order valence-corrected chi connectivity index (χ3v) is 3.20. The highest BCUT2D eigenvalue weighted by Gasteiger charge is 2.23. The maximum Gasteiger partial charge on any atom is 0.265 e. The summed E-state index contributed by atoms with van der Waals surface area (Å²) in [6, 6.07) is 11.9. The molecule has 96 valence electrons. The van der Waals surface area contributed by atoms with E-state index in [0.717, 1.165) is 11.3 Å². The summed E-state index contributed by atoms with van der Waals surface area (Å²) >= 11 is 0. The number of benzene rings is 1. The van der Waals surface area contributed by atoms with Gasteiger partial charge in [-0.2, -0.15) is 0 Å². The smallest absolute Gasteiger partial charge is 0.265 e. The Labute approximate surface area is 111 Å². The highest BCUT2D eigenvalue weighted by atomic mass is 16.5. The normalized spacial score (nSPS) is 14.0. The number of hydrogen-bond donors (Lipinski definition) is 0. The fourth-order valence-electron chi connectivity index (χ4n) is 2.11. The van der Waals surface area contributed by atoms with Crippen molar-refractivity contribution in [2.45, 2.75) is 6.92 Å². The number of amides is 1. The number of fused-ring (bicyclic) bond motifs is 1. The zero-order valence-electron chi connectivity index (χ0n) is 10.9. The Morgan fingerprint density at radius 2 is 2.11 bits per heavy atom. The van der Waals surface area contributed by atoms with Crippen molar-refractivity contribution in [2.24, 2.45) is 0 Å². The van der Waals surface area contributed by atoms with Crippen LogP contribution in [0.4, 0.5) is 5.82 Å². The van der Waals surface area contributed by atoms with Crippen LogP contribution in [0.15, 0.2) is 36.4 Å². The first-order chi connectivity index (χ1) is 9.15. The quantitative estimate of drug-likeness (QED) is 0.784. The molecule has 1 aromatic heterocycles. The summed E-state index contributed by atoms with van der Waals surface area (Å²) in [4.78, 5) is 17.7. The van der Waals surface area contributed by atoms with Crippen LogP contribution in [0.5, 0.6) is 5.75 Å². The molecule has 0 aliphatic carbocycles. The largest absolute Gasteiger partial charge is 0.480 e. The second-order valence-electron chi connectivity index (χ2n) is 4.63. The average molecular weight is 254 g/mol. The summed E-state index contributed by atoms with van der Waals surface area (Å²) in [5, 5.41) is 0. The topological polar surface area (TPSA) is 42.4 Å². The first-order valence-corrected chi connectivity index (χ1v) is 6.12. The number of nitrogens with zero attached hydrogens (tertiary/aromatic N) is 2. The number of pyridine rings is 1. The van der Waals surface area contributed by atoms with Gasteiger partial charge in [-0.05, 0) is 25.1 Å². The number of carbonyl (C=O) groups excluding carboxylic acids is 1. The molecule has 0 saturated carbocycles. The van der Waals surface area contributed by atoms with Crippen molar-refractivity contribution >= 4 is 11.7 Å². The summed E-state index contributed by atoms with van der Waals surface area (Å²) in [5.41, 5.74) is 3.06. The van der Waals surface area contributed by atoms with Gasteiger partial charge in [0.2, 0.25) is 0 Å². The van der Waals surface area contributed by atoms with E-state index in [0.29, 0.717) is 11.6 Å². The van der Waals surface area contributed by atoms with Crippen molar-refractivity contribution in [3.05, 3.63) is 42.0 Å². The van der Waals surface area contributed by atoms with Crippen LogP contribution < -0.4 is 9.64 Å². The molecule has 0 spiro atoms. The van der Waals surface area contributed by atoms with Crippen LogP contribution in [-0.2, 0) is 4.79 Å². The van der Waals surface area contributed by atoms with Gasteiger partial charge >= 0.3 is 0 Å². The standard InChI is InChI=1S/C15H14N2O2/c1-10-4-3-5-11(8-10)12-6-7-13-15(16-12)17(2)14(18)9-19-13/h3-8H,9H2,1-2H3. The number of ether oxygens (including phenoxy) is 1. The molecule has 1 aliphatic heterocycles. The Morgan fingerprint density at radius 1 is 1.26 bits per heavy atom. The molecular weight excluding hydrogens is 240 g/mol. The molecule has 19 heavy (non-hydrogen) atoms. The van der Waals surface area contributed by atoms with Gasteiger partial charge in [-0.1, -0.05) is 23.8 Å². The predicted octanol–water partition coefficient (Wildman–Crippen LogP) is 2.41. The fourth-order valence-corrected chi connectivity index (χ4v) is 2.11. The Bertz CT molecular complexity index is 652. The molecule has 0 unspecified atom stereocenters. The molecule has 1 amide bonds. The van der Waals surface area contributed by atoms with E-state index < -0.39 is 0 Å². The molecule has 0 bridgehead atoms. The molecule has 1 aromatic carbocycles. The highest BCUT2D eigenvalue weighted by molar-refractivity contribution is 5.96. The van der Waals surface area contributed by atoms with E-state index >= 15 is 0 Å². The predicted molar refractivity (Wildman–Crippen MR) is 73.3 cm³/mol. The first-order valence-electron chi connectivity index (χ1n) is 6.12. The number of aryl methyl sites for hydroxylation is 1. The lowest BCUT2D eigenvalue weighted by atomic mass is 10.1. The van der Waals surface area contributed by atoms with Gasteiger partial charge in [0.25, 0.3) is 5.91 Å². The number of aromatic nitrogens is 1. The summed E-state index contributed by atoms with van der Waals surface area (Å²) in [7, 11) is 1.72. The summed E-state index contributed by atoms with van der Waals surface area (Å²) in [6.07, 6.45) is 0. The van der Waals surface area contributed by atoms with E-state index in [4.69, 9.17) is 4.74 Å². The molecule has 4 nitrogen and oxygen atoms in total.